The number of aliphatic imine (C=N–C) groups is 1. The highest BCUT2D eigenvalue weighted by atomic mass is 32.1. The van der Waals surface area contributed by atoms with Crippen molar-refractivity contribution in [3.8, 4) is 0 Å². The minimum atomic E-state index is -1.51. The van der Waals surface area contributed by atoms with Crippen molar-refractivity contribution >= 4 is 25.7 Å². The summed E-state index contributed by atoms with van der Waals surface area (Å²) in [5.41, 5.74) is 0. The van der Waals surface area contributed by atoms with E-state index in [2.05, 4.69) is 4.99 Å². The molecular formula is C2H3NO3S. The first-order valence-electron chi connectivity index (χ1n) is 1.08. The third-order valence-corrected chi connectivity index (χ3v) is 0.141. The van der Waals surface area contributed by atoms with E-state index in [0.717, 1.165) is 6.08 Å². The normalized spacial score (nSPS) is 5.14. The van der Waals surface area contributed by atoms with Gasteiger partial charge in [0.05, 0.1) is 0 Å². The summed E-state index contributed by atoms with van der Waals surface area (Å²) in [5, 5.41) is 7.48. The van der Waals surface area contributed by atoms with Crippen LogP contribution in [-0.4, -0.2) is 17.3 Å². The van der Waals surface area contributed by atoms with E-state index in [-0.39, 0.29) is 13.5 Å². The van der Waals surface area contributed by atoms with E-state index in [1.807, 2.05) is 0 Å². The van der Waals surface area contributed by atoms with Crippen molar-refractivity contribution in [2.45, 2.75) is 0 Å². The molecular weight excluding hydrogens is 118 g/mol. The van der Waals surface area contributed by atoms with Gasteiger partial charge in [-0.05, 0) is 0 Å². The Labute approximate surface area is 46.3 Å². The number of isocyanates is 1. The Morgan fingerprint density at radius 1 is 1.71 bits per heavy atom. The second-order valence-electron chi connectivity index (χ2n) is 0.486. The largest absolute Gasteiger partial charge is 0.463 e. The van der Waals surface area contributed by atoms with E-state index in [9.17, 15) is 4.79 Å². The first-order valence-corrected chi connectivity index (χ1v) is 1.08. The Morgan fingerprint density at radius 2 is 2.14 bits per heavy atom. The number of nitrogens with zero attached hydrogens (tertiary/aromatic N) is 1. The summed E-state index contributed by atoms with van der Waals surface area (Å²) < 4.78 is 0. The van der Waals surface area contributed by atoms with Crippen LogP contribution in [0.1, 0.15) is 0 Å². The molecule has 0 aliphatic rings. The average Bonchev–Trinajstić information content (AvgIpc) is 1.35. The van der Waals surface area contributed by atoms with Gasteiger partial charge in [-0.2, -0.15) is 13.5 Å². The van der Waals surface area contributed by atoms with Crippen molar-refractivity contribution in [3.63, 3.8) is 0 Å². The average molecular weight is 121 g/mol. The molecule has 0 aromatic heterocycles. The van der Waals surface area contributed by atoms with E-state index < -0.39 is 6.09 Å². The van der Waals surface area contributed by atoms with Gasteiger partial charge in [-0.1, -0.05) is 4.99 Å². The minimum absolute atomic E-state index is 0. The lowest BCUT2D eigenvalue weighted by atomic mass is 11.2. The zero-order chi connectivity index (χ0) is 4.99. The maximum absolute atomic E-state index is 9.17. The SMILES string of the molecule is O=C=NC(=O)O.S. The van der Waals surface area contributed by atoms with Crippen molar-refractivity contribution in [2.75, 3.05) is 0 Å². The Morgan fingerprint density at radius 3 is 2.14 bits per heavy atom. The summed E-state index contributed by atoms with van der Waals surface area (Å²) in [6.45, 7) is 0. The molecule has 0 bridgehead atoms. The molecule has 0 saturated heterocycles. The molecule has 0 aliphatic carbocycles. The maximum Gasteiger partial charge on any atom is 0.442 e. The molecule has 0 aliphatic heterocycles. The maximum atomic E-state index is 9.17. The summed E-state index contributed by atoms with van der Waals surface area (Å²) >= 11 is 0. The topological polar surface area (TPSA) is 66.7 Å². The van der Waals surface area contributed by atoms with Crippen molar-refractivity contribution in [1.82, 2.24) is 0 Å². The molecule has 1 amide bonds. The summed E-state index contributed by atoms with van der Waals surface area (Å²) in [6.07, 6.45) is -0.667. The van der Waals surface area contributed by atoms with Crippen molar-refractivity contribution < 1.29 is 14.7 Å². The van der Waals surface area contributed by atoms with Gasteiger partial charge in [-0.3, -0.25) is 0 Å². The van der Waals surface area contributed by atoms with Gasteiger partial charge in [-0.15, -0.1) is 0 Å². The van der Waals surface area contributed by atoms with Gasteiger partial charge in [0.15, 0.2) is 0 Å². The van der Waals surface area contributed by atoms with Crippen LogP contribution in [-0.2, 0) is 4.79 Å². The molecule has 0 radical (unpaired) electrons. The summed E-state index contributed by atoms with van der Waals surface area (Å²) in [7, 11) is 0. The summed E-state index contributed by atoms with van der Waals surface area (Å²) in [6, 6.07) is 0. The van der Waals surface area contributed by atoms with Crippen LogP contribution in [0.15, 0.2) is 4.99 Å². The molecule has 4 nitrogen and oxygen atoms in total. The van der Waals surface area contributed by atoms with E-state index in [0.29, 0.717) is 0 Å². The van der Waals surface area contributed by atoms with Crippen LogP contribution < -0.4 is 0 Å². The third-order valence-electron chi connectivity index (χ3n) is 0.141. The lowest BCUT2D eigenvalue weighted by Crippen LogP contribution is -1.80. The number of rotatable bonds is 0. The quantitative estimate of drug-likeness (QED) is 0.365. The van der Waals surface area contributed by atoms with Crippen LogP contribution >= 0.6 is 13.5 Å². The molecule has 0 atom stereocenters. The molecule has 0 saturated carbocycles. The smallest absolute Gasteiger partial charge is 0.442 e. The fraction of sp³-hybridized carbons (Fsp3) is 0. The van der Waals surface area contributed by atoms with Crippen LogP contribution in [0.5, 0.6) is 0 Å². The molecule has 0 spiro atoms. The third kappa shape index (κ3) is 11.0. The highest BCUT2D eigenvalue weighted by Gasteiger charge is 1.80. The molecule has 0 fully saturated rings. The first-order chi connectivity index (χ1) is 2.77. The second kappa shape index (κ2) is 5.20. The van der Waals surface area contributed by atoms with Crippen LogP contribution in [0.3, 0.4) is 0 Å². The number of carbonyl (C=O) groups is 1. The first kappa shape index (κ1) is 9.50. The molecule has 40 valence electrons. The molecule has 0 heterocycles. The minimum Gasteiger partial charge on any atom is -0.463 e. The van der Waals surface area contributed by atoms with Crippen LogP contribution in [0.25, 0.3) is 0 Å². The van der Waals surface area contributed by atoms with E-state index >= 15 is 0 Å². The molecule has 0 aromatic rings. The lowest BCUT2D eigenvalue weighted by Gasteiger charge is -1.62. The van der Waals surface area contributed by atoms with Gasteiger partial charge in [0.25, 0.3) is 0 Å². The summed E-state index contributed by atoms with van der Waals surface area (Å²) in [4.78, 5) is 20.3. The van der Waals surface area contributed by atoms with Crippen molar-refractivity contribution in [3.05, 3.63) is 0 Å². The van der Waals surface area contributed by atoms with Gasteiger partial charge in [0.1, 0.15) is 0 Å². The number of carbonyl (C=O) groups excluding carboxylic acids is 1. The van der Waals surface area contributed by atoms with Crippen molar-refractivity contribution in [1.29, 1.82) is 0 Å². The predicted molar refractivity (Wildman–Crippen MR) is 26.5 cm³/mol. The Kier molecular flexibility index (Phi) is 7.06. The fourth-order valence-corrected chi connectivity index (χ4v) is 0.0390. The standard InChI is InChI=1S/C2HNO3.H2S/c4-1-3-2(5)6;/h(H,5,6);1H2. The van der Waals surface area contributed by atoms with Gasteiger partial charge in [0, 0.05) is 0 Å². The van der Waals surface area contributed by atoms with E-state index in [1.54, 1.807) is 0 Å². The van der Waals surface area contributed by atoms with Crippen LogP contribution in [0.4, 0.5) is 4.79 Å². The monoisotopic (exact) mass is 121 g/mol. The highest BCUT2D eigenvalue weighted by molar-refractivity contribution is 7.59. The highest BCUT2D eigenvalue weighted by Crippen LogP contribution is 1.60. The zero-order valence-electron chi connectivity index (χ0n) is 3.21. The number of hydrogen-bond donors (Lipinski definition) is 1. The molecule has 0 aromatic carbocycles. The number of carboxylic acid groups (broad SMARTS) is 1. The summed E-state index contributed by atoms with van der Waals surface area (Å²) in [5.74, 6) is 0. The predicted octanol–water partition coefficient (Wildman–Crippen LogP) is 0.113. The van der Waals surface area contributed by atoms with Gasteiger partial charge in [-0.25, -0.2) is 9.59 Å². The molecule has 0 unspecified atom stereocenters. The van der Waals surface area contributed by atoms with Crippen LogP contribution in [0.2, 0.25) is 0 Å². The van der Waals surface area contributed by atoms with Gasteiger partial charge >= 0.3 is 6.09 Å². The Hall–Kier alpha value is -0.800. The second-order valence-corrected chi connectivity index (χ2v) is 0.486. The Balaban J connectivity index is 0. The zero-order valence-corrected chi connectivity index (χ0v) is 4.21. The molecule has 7 heavy (non-hydrogen) atoms. The molecule has 5 heteroatoms. The van der Waals surface area contributed by atoms with Crippen LogP contribution in [0, 0.1) is 0 Å². The fourth-order valence-electron chi connectivity index (χ4n) is 0.0390. The van der Waals surface area contributed by atoms with E-state index in [1.165, 1.54) is 0 Å². The molecule has 0 rings (SSSR count). The number of amides is 1. The van der Waals surface area contributed by atoms with Gasteiger partial charge in [0.2, 0.25) is 6.08 Å². The lowest BCUT2D eigenvalue weighted by molar-refractivity contribution is 0.205. The Bertz CT molecular complexity index is 106. The number of hydrogen-bond acceptors (Lipinski definition) is 2. The van der Waals surface area contributed by atoms with Crippen molar-refractivity contribution in [2.24, 2.45) is 4.99 Å². The molecule has 1 N–H and O–H groups in total. The van der Waals surface area contributed by atoms with E-state index in [4.69, 9.17) is 9.90 Å². The van der Waals surface area contributed by atoms with Gasteiger partial charge < -0.3 is 5.11 Å².